The van der Waals surface area contributed by atoms with Crippen LogP contribution < -0.4 is 10.1 Å². The van der Waals surface area contributed by atoms with Gasteiger partial charge in [-0.2, -0.15) is 4.98 Å². The van der Waals surface area contributed by atoms with E-state index < -0.39 is 18.1 Å². The Morgan fingerprint density at radius 3 is 2.74 bits per heavy atom. The Morgan fingerprint density at radius 2 is 2.11 bits per heavy atom. The average Bonchev–Trinajstić information content (AvgIpc) is 3.24. The van der Waals surface area contributed by atoms with E-state index >= 15 is 0 Å². The fourth-order valence-electron chi connectivity index (χ4n) is 4.37. The Hall–Kier alpha value is -1.90. The lowest BCUT2D eigenvalue weighted by atomic mass is 9.84. The highest BCUT2D eigenvalue weighted by Crippen LogP contribution is 2.40. The molecule has 0 radical (unpaired) electrons. The van der Waals surface area contributed by atoms with Crippen LogP contribution in [-0.2, 0) is 9.59 Å². The minimum absolute atomic E-state index is 0.0350. The first-order valence-electron chi connectivity index (χ1n) is 9.60. The quantitative estimate of drug-likeness (QED) is 0.730. The Bertz CT molecular complexity index is 680. The number of hydrogen-bond donors (Lipinski definition) is 2. The molecule has 2 fully saturated rings. The van der Waals surface area contributed by atoms with Gasteiger partial charge in [-0.3, -0.25) is 4.79 Å². The molecular weight excluding hydrogens is 368 g/mol. The lowest BCUT2D eigenvalue weighted by molar-refractivity contribution is -0.150. The van der Waals surface area contributed by atoms with Crippen LogP contribution in [0.15, 0.2) is 0 Å². The molecule has 8 nitrogen and oxygen atoms in total. The maximum Gasteiger partial charge on any atom is 0.329 e. The monoisotopic (exact) mass is 396 g/mol. The van der Waals surface area contributed by atoms with Crippen molar-refractivity contribution in [2.45, 2.75) is 70.5 Å². The van der Waals surface area contributed by atoms with E-state index in [2.05, 4.69) is 14.7 Å². The van der Waals surface area contributed by atoms with E-state index in [1.54, 1.807) is 4.90 Å². The molecule has 1 amide bonds. The highest BCUT2D eigenvalue weighted by molar-refractivity contribution is 7.09. The molecule has 1 saturated heterocycles. The van der Waals surface area contributed by atoms with Crippen LogP contribution in [0.2, 0.25) is 0 Å². The zero-order valence-corrected chi connectivity index (χ0v) is 16.9. The fourth-order valence-corrected chi connectivity index (χ4v) is 4.96. The summed E-state index contributed by atoms with van der Waals surface area (Å²) in [5.41, 5.74) is 0. The van der Waals surface area contributed by atoms with E-state index in [4.69, 9.17) is 4.74 Å². The zero-order chi connectivity index (χ0) is 19.6. The van der Waals surface area contributed by atoms with Crippen LogP contribution in [0.4, 0.5) is 5.13 Å². The maximum absolute atomic E-state index is 13.5. The van der Waals surface area contributed by atoms with E-state index in [0.29, 0.717) is 23.9 Å². The van der Waals surface area contributed by atoms with E-state index in [9.17, 15) is 14.7 Å². The molecule has 1 aliphatic heterocycles. The van der Waals surface area contributed by atoms with Crippen LogP contribution in [0.25, 0.3) is 0 Å². The molecule has 2 heterocycles. The number of ether oxygens (including phenoxy) is 1. The molecule has 2 N–H and O–H groups in total. The van der Waals surface area contributed by atoms with E-state index in [1.165, 1.54) is 7.11 Å². The number of carbonyl (C=O) groups excluding carboxylic acids is 1. The van der Waals surface area contributed by atoms with Gasteiger partial charge in [0.05, 0.1) is 7.11 Å². The zero-order valence-electron chi connectivity index (χ0n) is 16.1. The van der Waals surface area contributed by atoms with E-state index in [1.807, 2.05) is 13.8 Å². The molecule has 0 bridgehead atoms. The Morgan fingerprint density at radius 1 is 1.37 bits per heavy atom. The third kappa shape index (κ3) is 4.34. The average molecular weight is 397 g/mol. The Balaban J connectivity index is 1.83. The van der Waals surface area contributed by atoms with Gasteiger partial charge in [0.25, 0.3) is 0 Å². The molecule has 3 rings (SSSR count). The molecule has 1 aromatic rings. The highest BCUT2D eigenvalue weighted by atomic mass is 32.1. The van der Waals surface area contributed by atoms with Gasteiger partial charge in [0.15, 0.2) is 0 Å². The SMILES string of the molecule is COc1nsc(N[C@@H](CC(C)C)C(=O)N2C(C(=O)O)CC3CCCCC32)n1. The number of carboxylic acid groups (broad SMARTS) is 1. The summed E-state index contributed by atoms with van der Waals surface area (Å²) >= 11 is 1.14. The maximum atomic E-state index is 13.5. The van der Waals surface area contributed by atoms with Crippen LogP contribution >= 0.6 is 11.5 Å². The van der Waals surface area contributed by atoms with Crippen molar-refractivity contribution in [3.63, 3.8) is 0 Å². The van der Waals surface area contributed by atoms with Gasteiger partial charge in [0.1, 0.15) is 12.1 Å². The minimum atomic E-state index is -0.904. The van der Waals surface area contributed by atoms with Gasteiger partial charge in [-0.1, -0.05) is 26.7 Å². The number of carboxylic acids is 1. The number of carbonyl (C=O) groups is 2. The number of amides is 1. The van der Waals surface area contributed by atoms with E-state index in [-0.39, 0.29) is 23.9 Å². The van der Waals surface area contributed by atoms with Crippen LogP contribution in [0.3, 0.4) is 0 Å². The van der Waals surface area contributed by atoms with Crippen LogP contribution in [0, 0.1) is 11.8 Å². The summed E-state index contributed by atoms with van der Waals surface area (Å²) < 4.78 is 9.07. The van der Waals surface area contributed by atoms with Crippen LogP contribution in [-0.4, -0.2) is 56.5 Å². The third-order valence-electron chi connectivity index (χ3n) is 5.52. The van der Waals surface area contributed by atoms with Gasteiger partial charge in [-0.05, 0) is 37.5 Å². The summed E-state index contributed by atoms with van der Waals surface area (Å²) in [5.74, 6) is -0.474. The molecule has 3 unspecified atom stereocenters. The topological polar surface area (TPSA) is 105 Å². The lowest BCUT2D eigenvalue weighted by Gasteiger charge is -2.35. The second-order valence-electron chi connectivity index (χ2n) is 7.86. The van der Waals surface area contributed by atoms with Crippen molar-refractivity contribution >= 4 is 28.5 Å². The van der Waals surface area contributed by atoms with Crippen molar-refractivity contribution in [1.82, 2.24) is 14.3 Å². The second kappa shape index (κ2) is 8.41. The summed E-state index contributed by atoms with van der Waals surface area (Å²) in [6.07, 6.45) is 5.23. The van der Waals surface area contributed by atoms with Crippen molar-refractivity contribution in [3.8, 4) is 6.01 Å². The van der Waals surface area contributed by atoms with Crippen molar-refractivity contribution in [2.75, 3.05) is 12.4 Å². The largest absolute Gasteiger partial charge is 0.480 e. The number of fused-ring (bicyclic) bond motifs is 1. The number of methoxy groups -OCH3 is 1. The normalized spacial score (nSPS) is 25.9. The summed E-state index contributed by atoms with van der Waals surface area (Å²) in [5, 5.41) is 13.4. The molecule has 2 aliphatic rings. The van der Waals surface area contributed by atoms with Crippen molar-refractivity contribution in [2.24, 2.45) is 11.8 Å². The first kappa shape index (κ1) is 19.9. The van der Waals surface area contributed by atoms with Crippen molar-refractivity contribution in [3.05, 3.63) is 0 Å². The summed E-state index contributed by atoms with van der Waals surface area (Å²) in [7, 11) is 1.49. The Labute approximate surface area is 163 Å². The lowest BCUT2D eigenvalue weighted by Crippen LogP contribution is -2.52. The molecule has 150 valence electrons. The number of nitrogens with one attached hydrogen (secondary N) is 1. The highest BCUT2D eigenvalue weighted by Gasteiger charge is 2.48. The predicted molar refractivity (Wildman–Crippen MR) is 102 cm³/mol. The predicted octanol–water partition coefficient (Wildman–Crippen LogP) is 2.62. The summed E-state index contributed by atoms with van der Waals surface area (Å²) in [6, 6.07) is -0.959. The van der Waals surface area contributed by atoms with Gasteiger partial charge >= 0.3 is 12.0 Å². The molecule has 27 heavy (non-hydrogen) atoms. The molecule has 1 aromatic heterocycles. The molecule has 4 atom stereocenters. The third-order valence-corrected chi connectivity index (χ3v) is 6.15. The number of aliphatic carboxylic acids is 1. The molecule has 1 saturated carbocycles. The first-order valence-corrected chi connectivity index (χ1v) is 10.4. The summed E-state index contributed by atoms with van der Waals surface area (Å²) in [6.45, 7) is 4.09. The first-order chi connectivity index (χ1) is 12.9. The minimum Gasteiger partial charge on any atom is -0.480 e. The van der Waals surface area contributed by atoms with Gasteiger partial charge in [-0.15, -0.1) is 4.37 Å². The fraction of sp³-hybridized carbons (Fsp3) is 0.778. The number of nitrogens with zero attached hydrogens (tertiary/aromatic N) is 3. The van der Waals surface area contributed by atoms with Gasteiger partial charge < -0.3 is 20.1 Å². The van der Waals surface area contributed by atoms with Crippen LogP contribution in [0.1, 0.15) is 52.4 Å². The second-order valence-corrected chi connectivity index (χ2v) is 8.61. The van der Waals surface area contributed by atoms with E-state index in [0.717, 1.165) is 37.2 Å². The molecule has 0 spiro atoms. The Kier molecular flexibility index (Phi) is 6.18. The molecule has 0 aromatic carbocycles. The summed E-state index contributed by atoms with van der Waals surface area (Å²) in [4.78, 5) is 31.2. The standard InChI is InChI=1S/C18H28N4O4S/c1-10(2)8-12(19-18-20-17(26-3)21-27-18)15(23)22-13-7-5-4-6-11(13)9-14(22)16(24)25/h10-14H,4-9H2,1-3H3,(H,24,25)(H,19,20,21)/t11?,12-,13?,14?/m0/s1. The van der Waals surface area contributed by atoms with Gasteiger partial charge in [0.2, 0.25) is 11.0 Å². The molecular formula is C18H28N4O4S. The number of rotatable bonds is 7. The van der Waals surface area contributed by atoms with Crippen LogP contribution in [0.5, 0.6) is 6.01 Å². The number of anilines is 1. The number of aromatic nitrogens is 2. The molecule has 1 aliphatic carbocycles. The number of likely N-dealkylation sites (tertiary alicyclic amines) is 1. The molecule has 9 heteroatoms. The van der Waals surface area contributed by atoms with Gasteiger partial charge in [-0.25, -0.2) is 4.79 Å². The van der Waals surface area contributed by atoms with Gasteiger partial charge in [0, 0.05) is 17.6 Å². The van der Waals surface area contributed by atoms with Crippen molar-refractivity contribution < 1.29 is 19.4 Å². The number of hydrogen-bond acceptors (Lipinski definition) is 7. The smallest absolute Gasteiger partial charge is 0.329 e. The van der Waals surface area contributed by atoms with Crippen molar-refractivity contribution in [1.29, 1.82) is 0 Å².